The Bertz CT molecular complexity index is 419. The second-order valence-electron chi connectivity index (χ2n) is 2.95. The van der Waals surface area contributed by atoms with Gasteiger partial charge in [0, 0.05) is 19.4 Å². The van der Waals surface area contributed by atoms with E-state index in [4.69, 9.17) is 4.52 Å². The van der Waals surface area contributed by atoms with Crippen molar-refractivity contribution < 1.29 is 4.52 Å². The fourth-order valence-electron chi connectivity index (χ4n) is 1.10. The van der Waals surface area contributed by atoms with Crippen LogP contribution in [0.5, 0.6) is 0 Å². The van der Waals surface area contributed by atoms with E-state index in [1.54, 1.807) is 13.1 Å². The molecular weight excluding hydrogens is 182 g/mol. The molecule has 0 bridgehead atoms. The first kappa shape index (κ1) is 8.74. The molecule has 0 atom stereocenters. The van der Waals surface area contributed by atoms with Crippen LogP contribution in [-0.4, -0.2) is 19.7 Å². The first-order valence-electron chi connectivity index (χ1n) is 4.26. The summed E-state index contributed by atoms with van der Waals surface area (Å²) in [5.74, 6) is 1.98. The fraction of sp³-hybridized carbons (Fsp3) is 0.375. The van der Waals surface area contributed by atoms with Gasteiger partial charge in [0.15, 0.2) is 5.82 Å². The summed E-state index contributed by atoms with van der Waals surface area (Å²) in [4.78, 5) is 8.16. The van der Waals surface area contributed by atoms with Crippen molar-refractivity contribution in [2.75, 3.05) is 5.32 Å². The average Bonchev–Trinajstić information content (AvgIpc) is 2.72. The fourth-order valence-corrected chi connectivity index (χ4v) is 1.10. The minimum atomic E-state index is 0.492. The molecule has 0 aliphatic carbocycles. The summed E-state index contributed by atoms with van der Waals surface area (Å²) in [5.41, 5.74) is 0. The van der Waals surface area contributed by atoms with Gasteiger partial charge in [0.25, 0.3) is 0 Å². The third kappa shape index (κ3) is 1.73. The average molecular weight is 193 g/mol. The smallest absolute Gasteiger partial charge is 0.246 e. The Balaban J connectivity index is 1.98. The van der Waals surface area contributed by atoms with Crippen molar-refractivity contribution in [3.8, 4) is 0 Å². The second-order valence-corrected chi connectivity index (χ2v) is 2.95. The summed E-state index contributed by atoms with van der Waals surface area (Å²) in [6.07, 6.45) is 3.59. The molecule has 0 aromatic carbocycles. The van der Waals surface area contributed by atoms with Crippen LogP contribution in [0, 0.1) is 6.92 Å². The molecule has 0 unspecified atom stereocenters. The SMILES string of the molecule is Cc1noc(CNc2nccn2C)n1. The van der Waals surface area contributed by atoms with Gasteiger partial charge in [0.05, 0.1) is 6.54 Å². The summed E-state index contributed by atoms with van der Waals surface area (Å²) < 4.78 is 6.82. The lowest BCUT2D eigenvalue weighted by Gasteiger charge is -2.01. The van der Waals surface area contributed by atoms with Crippen LogP contribution in [0.1, 0.15) is 11.7 Å². The van der Waals surface area contributed by atoms with Gasteiger partial charge in [-0.3, -0.25) is 0 Å². The molecule has 6 nitrogen and oxygen atoms in total. The Morgan fingerprint density at radius 2 is 2.43 bits per heavy atom. The van der Waals surface area contributed by atoms with E-state index in [2.05, 4.69) is 20.4 Å². The van der Waals surface area contributed by atoms with Crippen molar-refractivity contribution in [2.45, 2.75) is 13.5 Å². The molecule has 0 radical (unpaired) electrons. The maximum Gasteiger partial charge on any atom is 0.246 e. The Morgan fingerprint density at radius 1 is 1.57 bits per heavy atom. The van der Waals surface area contributed by atoms with E-state index in [0.29, 0.717) is 18.3 Å². The van der Waals surface area contributed by atoms with Crippen molar-refractivity contribution in [3.05, 3.63) is 24.1 Å². The lowest BCUT2D eigenvalue weighted by Crippen LogP contribution is -2.04. The molecule has 0 amide bonds. The third-order valence-corrected chi connectivity index (χ3v) is 1.79. The zero-order valence-corrected chi connectivity index (χ0v) is 8.06. The van der Waals surface area contributed by atoms with Gasteiger partial charge in [-0.25, -0.2) is 4.98 Å². The Morgan fingerprint density at radius 3 is 3.00 bits per heavy atom. The largest absolute Gasteiger partial charge is 0.347 e. The number of rotatable bonds is 3. The zero-order chi connectivity index (χ0) is 9.97. The summed E-state index contributed by atoms with van der Waals surface area (Å²) in [5, 5.41) is 6.76. The van der Waals surface area contributed by atoms with Crippen LogP contribution in [-0.2, 0) is 13.6 Å². The van der Waals surface area contributed by atoms with Crippen LogP contribution in [0.25, 0.3) is 0 Å². The Hall–Kier alpha value is -1.85. The van der Waals surface area contributed by atoms with Gasteiger partial charge < -0.3 is 14.4 Å². The monoisotopic (exact) mass is 193 g/mol. The molecule has 2 aromatic heterocycles. The zero-order valence-electron chi connectivity index (χ0n) is 8.06. The Kier molecular flexibility index (Phi) is 2.18. The normalized spacial score (nSPS) is 10.4. The maximum absolute atomic E-state index is 4.94. The van der Waals surface area contributed by atoms with Gasteiger partial charge in [0.1, 0.15) is 0 Å². The minimum absolute atomic E-state index is 0.492. The summed E-state index contributed by atoms with van der Waals surface area (Å²) in [6, 6.07) is 0. The minimum Gasteiger partial charge on any atom is -0.347 e. The highest BCUT2D eigenvalue weighted by atomic mass is 16.5. The molecule has 2 aromatic rings. The third-order valence-electron chi connectivity index (χ3n) is 1.79. The maximum atomic E-state index is 4.94. The van der Waals surface area contributed by atoms with E-state index in [1.807, 2.05) is 17.8 Å². The number of aromatic nitrogens is 4. The van der Waals surface area contributed by atoms with Gasteiger partial charge in [-0.05, 0) is 6.92 Å². The van der Waals surface area contributed by atoms with E-state index in [9.17, 15) is 0 Å². The van der Waals surface area contributed by atoms with E-state index < -0.39 is 0 Å². The number of nitrogens with zero attached hydrogens (tertiary/aromatic N) is 4. The number of nitrogens with one attached hydrogen (secondary N) is 1. The van der Waals surface area contributed by atoms with Crippen molar-refractivity contribution in [2.24, 2.45) is 7.05 Å². The summed E-state index contributed by atoms with van der Waals surface area (Å²) >= 11 is 0. The van der Waals surface area contributed by atoms with Crippen molar-refractivity contribution in [1.82, 2.24) is 19.7 Å². The van der Waals surface area contributed by atoms with Gasteiger partial charge in [0.2, 0.25) is 11.8 Å². The highest BCUT2D eigenvalue weighted by Gasteiger charge is 2.03. The van der Waals surface area contributed by atoms with Crippen molar-refractivity contribution in [1.29, 1.82) is 0 Å². The molecule has 2 rings (SSSR count). The first-order valence-corrected chi connectivity index (χ1v) is 4.26. The van der Waals surface area contributed by atoms with Crippen molar-refractivity contribution in [3.63, 3.8) is 0 Å². The second kappa shape index (κ2) is 3.49. The number of imidazole rings is 1. The Labute approximate surface area is 81.0 Å². The molecule has 0 fully saturated rings. The molecule has 0 saturated carbocycles. The lowest BCUT2D eigenvalue weighted by atomic mass is 10.6. The molecule has 6 heteroatoms. The summed E-state index contributed by atoms with van der Waals surface area (Å²) in [6.45, 7) is 2.28. The van der Waals surface area contributed by atoms with Crippen LogP contribution in [0.2, 0.25) is 0 Å². The molecule has 0 aliphatic heterocycles. The van der Waals surface area contributed by atoms with Gasteiger partial charge >= 0.3 is 0 Å². The van der Waals surface area contributed by atoms with E-state index in [-0.39, 0.29) is 0 Å². The van der Waals surface area contributed by atoms with Crippen LogP contribution in [0.4, 0.5) is 5.95 Å². The quantitative estimate of drug-likeness (QED) is 0.778. The van der Waals surface area contributed by atoms with Crippen LogP contribution in [0.15, 0.2) is 16.9 Å². The van der Waals surface area contributed by atoms with Gasteiger partial charge in [-0.15, -0.1) is 0 Å². The standard InChI is InChI=1S/C8H11N5O/c1-6-11-7(14-12-6)5-10-8-9-3-4-13(8)2/h3-4H,5H2,1-2H3,(H,9,10). The molecule has 0 saturated heterocycles. The van der Waals surface area contributed by atoms with Crippen molar-refractivity contribution >= 4 is 5.95 Å². The van der Waals surface area contributed by atoms with Gasteiger partial charge in [-0.1, -0.05) is 5.16 Å². The first-order chi connectivity index (χ1) is 6.75. The topological polar surface area (TPSA) is 68.8 Å². The van der Waals surface area contributed by atoms with Gasteiger partial charge in [-0.2, -0.15) is 4.98 Å². The molecule has 2 heterocycles. The number of aryl methyl sites for hydroxylation is 2. The number of hydrogen-bond donors (Lipinski definition) is 1. The molecular formula is C8H11N5O. The molecule has 0 spiro atoms. The predicted octanol–water partition coefficient (Wildman–Crippen LogP) is 0.724. The van der Waals surface area contributed by atoms with Crippen LogP contribution >= 0.6 is 0 Å². The summed E-state index contributed by atoms with van der Waals surface area (Å²) in [7, 11) is 1.91. The molecule has 0 aliphatic rings. The molecule has 74 valence electrons. The van der Waals surface area contributed by atoms with E-state index >= 15 is 0 Å². The van der Waals surface area contributed by atoms with E-state index in [1.165, 1.54) is 0 Å². The molecule has 14 heavy (non-hydrogen) atoms. The number of hydrogen-bond acceptors (Lipinski definition) is 5. The van der Waals surface area contributed by atoms with Crippen LogP contribution in [0.3, 0.4) is 0 Å². The predicted molar refractivity (Wildman–Crippen MR) is 49.6 cm³/mol. The lowest BCUT2D eigenvalue weighted by molar-refractivity contribution is 0.379. The highest BCUT2D eigenvalue weighted by molar-refractivity contribution is 5.25. The highest BCUT2D eigenvalue weighted by Crippen LogP contribution is 2.03. The number of anilines is 1. The van der Waals surface area contributed by atoms with Crippen LogP contribution < -0.4 is 5.32 Å². The van der Waals surface area contributed by atoms with E-state index in [0.717, 1.165) is 5.95 Å². The molecule has 1 N–H and O–H groups in total.